The number of amides is 2. The highest BCUT2D eigenvalue weighted by Gasteiger charge is 2.24. The molecule has 0 aromatic rings. The van der Waals surface area contributed by atoms with E-state index in [9.17, 15) is 9.59 Å². The molecule has 0 unspecified atom stereocenters. The van der Waals surface area contributed by atoms with Crippen LogP contribution in [0.1, 0.15) is 77.6 Å². The van der Waals surface area contributed by atoms with Crippen molar-refractivity contribution in [3.63, 3.8) is 0 Å². The smallest absolute Gasteiger partial charge is 0.252 e. The van der Waals surface area contributed by atoms with Gasteiger partial charge in [-0.3, -0.25) is 9.59 Å². The molecule has 0 aromatic carbocycles. The Hall–Kier alpha value is -1.72. The maximum absolute atomic E-state index is 12.2. The van der Waals surface area contributed by atoms with Gasteiger partial charge in [-0.1, -0.05) is 45.4 Å². The predicted molar refractivity (Wildman–Crippen MR) is 100 cm³/mol. The SMILES string of the molecule is CCC(C(=O)N/N=C\C1CCCCC1)C(=O)N/N=C\C1CCCCC1. The molecule has 25 heavy (non-hydrogen) atoms. The van der Waals surface area contributed by atoms with Gasteiger partial charge in [0.2, 0.25) is 0 Å². The minimum Gasteiger partial charge on any atom is -0.272 e. The van der Waals surface area contributed by atoms with Gasteiger partial charge in [-0.2, -0.15) is 10.2 Å². The fraction of sp³-hybridized carbons (Fsp3) is 0.789. The maximum Gasteiger partial charge on any atom is 0.252 e. The topological polar surface area (TPSA) is 82.9 Å². The van der Waals surface area contributed by atoms with Gasteiger partial charge in [0.25, 0.3) is 11.8 Å². The molecule has 6 nitrogen and oxygen atoms in total. The highest BCUT2D eigenvalue weighted by atomic mass is 16.2. The summed E-state index contributed by atoms with van der Waals surface area (Å²) in [6.07, 6.45) is 16.1. The molecule has 2 N–H and O–H groups in total. The Bertz CT molecular complexity index is 436. The van der Waals surface area contributed by atoms with E-state index in [0.717, 1.165) is 25.7 Å². The van der Waals surface area contributed by atoms with Crippen LogP contribution < -0.4 is 10.9 Å². The summed E-state index contributed by atoms with van der Waals surface area (Å²) in [7, 11) is 0. The van der Waals surface area contributed by atoms with Gasteiger partial charge in [0.15, 0.2) is 0 Å². The lowest BCUT2D eigenvalue weighted by molar-refractivity contribution is -0.135. The summed E-state index contributed by atoms with van der Waals surface area (Å²) < 4.78 is 0. The third-order valence-corrected chi connectivity index (χ3v) is 5.26. The molecule has 2 amide bonds. The van der Waals surface area contributed by atoms with E-state index in [-0.39, 0.29) is 11.8 Å². The standard InChI is InChI=1S/C19H32N4O2/c1-2-17(18(24)22-20-13-15-9-5-3-6-10-15)19(25)23-21-14-16-11-7-4-8-12-16/h13-17H,2-12H2,1H3,(H,22,24)(H,23,25)/b20-13-,21-14-. The van der Waals surface area contributed by atoms with Gasteiger partial charge >= 0.3 is 0 Å². The molecule has 0 atom stereocenters. The van der Waals surface area contributed by atoms with Crippen LogP contribution in [0.15, 0.2) is 10.2 Å². The van der Waals surface area contributed by atoms with Crippen molar-refractivity contribution in [2.45, 2.75) is 77.6 Å². The number of hydrogen-bond donors (Lipinski definition) is 2. The van der Waals surface area contributed by atoms with Crippen LogP contribution in [-0.4, -0.2) is 24.2 Å². The summed E-state index contributed by atoms with van der Waals surface area (Å²) in [5, 5.41) is 8.11. The van der Waals surface area contributed by atoms with Crippen LogP contribution in [0.3, 0.4) is 0 Å². The highest BCUT2D eigenvalue weighted by molar-refractivity contribution is 6.00. The summed E-state index contributed by atoms with van der Waals surface area (Å²) in [6, 6.07) is 0. The molecular weight excluding hydrogens is 316 g/mol. The number of carbonyl (C=O) groups excluding carboxylic acids is 2. The van der Waals surface area contributed by atoms with Crippen LogP contribution in [0.4, 0.5) is 0 Å². The van der Waals surface area contributed by atoms with Crippen molar-refractivity contribution in [2.75, 3.05) is 0 Å². The Kier molecular flexibility index (Phi) is 8.63. The molecule has 140 valence electrons. The molecule has 0 heterocycles. The van der Waals surface area contributed by atoms with E-state index >= 15 is 0 Å². The zero-order chi connectivity index (χ0) is 17.9. The maximum atomic E-state index is 12.2. The Morgan fingerprint density at radius 3 is 1.60 bits per heavy atom. The van der Waals surface area contributed by atoms with Crippen molar-refractivity contribution >= 4 is 24.2 Å². The Balaban J connectivity index is 1.74. The van der Waals surface area contributed by atoms with Gasteiger partial charge in [0.1, 0.15) is 5.92 Å². The average molecular weight is 348 g/mol. The first-order valence-electron chi connectivity index (χ1n) is 9.86. The van der Waals surface area contributed by atoms with Crippen molar-refractivity contribution in [3.05, 3.63) is 0 Å². The molecule has 2 aliphatic rings. The lowest BCUT2D eigenvalue weighted by Crippen LogP contribution is -2.38. The van der Waals surface area contributed by atoms with Crippen LogP contribution >= 0.6 is 0 Å². The third kappa shape index (κ3) is 6.96. The van der Waals surface area contributed by atoms with Crippen molar-refractivity contribution in [2.24, 2.45) is 28.0 Å². The Morgan fingerprint density at radius 1 is 0.840 bits per heavy atom. The lowest BCUT2D eigenvalue weighted by atomic mass is 9.90. The molecular formula is C19H32N4O2. The molecule has 2 saturated carbocycles. The summed E-state index contributed by atoms with van der Waals surface area (Å²) in [6.45, 7) is 1.82. The van der Waals surface area contributed by atoms with Crippen LogP contribution in [0, 0.1) is 17.8 Å². The predicted octanol–water partition coefficient (Wildman–Crippen LogP) is 3.38. The van der Waals surface area contributed by atoms with Crippen LogP contribution in [0.2, 0.25) is 0 Å². The van der Waals surface area contributed by atoms with Crippen LogP contribution in [0.5, 0.6) is 0 Å². The summed E-state index contributed by atoms with van der Waals surface area (Å²) >= 11 is 0. The van der Waals surface area contributed by atoms with Gasteiger partial charge in [-0.15, -0.1) is 0 Å². The van der Waals surface area contributed by atoms with Gasteiger partial charge in [-0.05, 0) is 43.9 Å². The van der Waals surface area contributed by atoms with Gasteiger partial charge < -0.3 is 0 Å². The summed E-state index contributed by atoms with van der Waals surface area (Å²) in [5.74, 6) is -0.585. The van der Waals surface area contributed by atoms with Gasteiger partial charge in [0.05, 0.1) is 0 Å². The second-order valence-electron chi connectivity index (χ2n) is 7.27. The van der Waals surface area contributed by atoms with E-state index in [4.69, 9.17) is 0 Å². The highest BCUT2D eigenvalue weighted by Crippen LogP contribution is 2.22. The van der Waals surface area contributed by atoms with E-state index < -0.39 is 5.92 Å². The van der Waals surface area contributed by atoms with E-state index in [1.54, 1.807) is 0 Å². The lowest BCUT2D eigenvalue weighted by Gasteiger charge is -2.17. The van der Waals surface area contributed by atoms with E-state index in [2.05, 4.69) is 21.1 Å². The number of nitrogens with zero attached hydrogens (tertiary/aromatic N) is 2. The van der Waals surface area contributed by atoms with Crippen molar-refractivity contribution in [3.8, 4) is 0 Å². The van der Waals surface area contributed by atoms with Crippen molar-refractivity contribution < 1.29 is 9.59 Å². The van der Waals surface area contributed by atoms with Crippen molar-refractivity contribution in [1.82, 2.24) is 10.9 Å². The Morgan fingerprint density at radius 2 is 1.24 bits per heavy atom. The molecule has 0 bridgehead atoms. The minimum absolute atomic E-state index is 0.361. The zero-order valence-corrected chi connectivity index (χ0v) is 15.4. The fourth-order valence-electron chi connectivity index (χ4n) is 3.62. The second kappa shape index (κ2) is 11.0. The normalized spacial score (nSPS) is 20.4. The van der Waals surface area contributed by atoms with Crippen LogP contribution in [-0.2, 0) is 9.59 Å². The molecule has 6 heteroatoms. The molecule has 0 spiro atoms. The number of nitrogens with one attached hydrogen (secondary N) is 2. The number of hydrogen-bond acceptors (Lipinski definition) is 4. The zero-order valence-electron chi connectivity index (χ0n) is 15.4. The molecule has 0 radical (unpaired) electrons. The summed E-state index contributed by atoms with van der Waals surface area (Å²) in [4.78, 5) is 24.4. The monoisotopic (exact) mass is 348 g/mol. The van der Waals surface area contributed by atoms with Crippen molar-refractivity contribution in [1.29, 1.82) is 0 Å². The molecule has 2 aliphatic carbocycles. The molecule has 2 fully saturated rings. The van der Waals surface area contributed by atoms with E-state index in [0.29, 0.717) is 18.3 Å². The van der Waals surface area contributed by atoms with Gasteiger partial charge in [-0.25, -0.2) is 10.9 Å². The average Bonchev–Trinajstić information content (AvgIpc) is 2.64. The van der Waals surface area contributed by atoms with E-state index in [1.165, 1.54) is 38.5 Å². The second-order valence-corrected chi connectivity index (χ2v) is 7.27. The number of rotatable bonds is 7. The summed E-state index contributed by atoms with van der Waals surface area (Å²) in [5.41, 5.74) is 5.04. The molecule has 0 saturated heterocycles. The minimum atomic E-state index is -0.757. The van der Waals surface area contributed by atoms with Gasteiger partial charge in [0, 0.05) is 12.4 Å². The van der Waals surface area contributed by atoms with E-state index in [1.807, 2.05) is 19.4 Å². The number of carbonyl (C=O) groups is 2. The third-order valence-electron chi connectivity index (χ3n) is 5.26. The first kappa shape index (κ1) is 19.6. The quantitative estimate of drug-likeness (QED) is 0.420. The molecule has 0 aromatic heterocycles. The largest absolute Gasteiger partial charge is 0.272 e. The van der Waals surface area contributed by atoms with Crippen LogP contribution in [0.25, 0.3) is 0 Å². The first-order chi connectivity index (χ1) is 12.2. The number of hydrazone groups is 2. The molecule has 2 rings (SSSR count). The Labute approximate surface area is 150 Å². The molecule has 0 aliphatic heterocycles. The fourth-order valence-corrected chi connectivity index (χ4v) is 3.62. The first-order valence-corrected chi connectivity index (χ1v) is 9.86.